The lowest BCUT2D eigenvalue weighted by atomic mass is 9.89. The number of furan rings is 1. The van der Waals surface area contributed by atoms with Crippen molar-refractivity contribution in [2.24, 2.45) is 0 Å². The highest BCUT2D eigenvalue weighted by molar-refractivity contribution is 7.25. The van der Waals surface area contributed by atoms with Crippen LogP contribution in [0.3, 0.4) is 0 Å². The SMILES string of the molecule is c1ccc(-c2nc(-c3ccc4c(c3)sc3ccccc34)nc(-c3cccc4c3oc3c(-c5ccc6c7c5c5ccccc5c5cccc(c57)n6-c5ccccc5)cccc34)n2)cc1. The first kappa shape index (κ1) is 34.5. The molecule has 0 radical (unpaired) electrons. The number of hydrogen-bond acceptors (Lipinski definition) is 5. The summed E-state index contributed by atoms with van der Waals surface area (Å²) in [7, 11) is 0. The van der Waals surface area contributed by atoms with E-state index in [0.29, 0.717) is 17.5 Å². The van der Waals surface area contributed by atoms with Crippen LogP contribution in [0.4, 0.5) is 0 Å². The second-order valence-corrected chi connectivity index (χ2v) is 17.3. The summed E-state index contributed by atoms with van der Waals surface area (Å²) in [6.45, 7) is 0. The van der Waals surface area contributed by atoms with Crippen LogP contribution in [0, 0.1) is 0 Å². The molecule has 0 spiro atoms. The molecule has 0 unspecified atom stereocenters. The maximum Gasteiger partial charge on any atom is 0.167 e. The summed E-state index contributed by atoms with van der Waals surface area (Å²) in [6.07, 6.45) is 0. The predicted molar refractivity (Wildman–Crippen MR) is 262 cm³/mol. The molecule has 0 saturated heterocycles. The Bertz CT molecular complexity index is 4150. The minimum atomic E-state index is 0.563. The molecule has 0 saturated carbocycles. The Balaban J connectivity index is 1.01. The zero-order chi connectivity index (χ0) is 41.2. The van der Waals surface area contributed by atoms with E-state index in [1.54, 1.807) is 11.3 Å². The molecule has 10 aromatic carbocycles. The number of rotatable bonds is 5. The first-order valence-corrected chi connectivity index (χ1v) is 22.0. The monoisotopic (exact) mass is 820 g/mol. The summed E-state index contributed by atoms with van der Waals surface area (Å²) in [5, 5.41) is 12.0. The van der Waals surface area contributed by atoms with E-state index in [1.807, 2.05) is 30.3 Å². The fourth-order valence-corrected chi connectivity index (χ4v) is 11.2. The van der Waals surface area contributed by atoms with Crippen molar-refractivity contribution in [2.45, 2.75) is 0 Å². The highest BCUT2D eigenvalue weighted by Crippen LogP contribution is 2.49. The smallest absolute Gasteiger partial charge is 0.167 e. The van der Waals surface area contributed by atoms with Crippen LogP contribution in [-0.4, -0.2) is 19.5 Å². The third-order valence-corrected chi connectivity index (χ3v) is 14.0. The molecule has 0 atom stereocenters. The van der Waals surface area contributed by atoms with Crippen molar-refractivity contribution < 1.29 is 4.42 Å². The van der Waals surface area contributed by atoms with Crippen LogP contribution < -0.4 is 0 Å². The zero-order valence-electron chi connectivity index (χ0n) is 33.6. The topological polar surface area (TPSA) is 56.7 Å². The molecule has 14 rings (SSSR count). The second kappa shape index (κ2) is 13.2. The van der Waals surface area contributed by atoms with Gasteiger partial charge in [-0.25, -0.2) is 15.0 Å². The van der Waals surface area contributed by atoms with E-state index in [0.717, 1.165) is 55.4 Å². The van der Waals surface area contributed by atoms with E-state index in [-0.39, 0.29) is 0 Å². The highest BCUT2D eigenvalue weighted by atomic mass is 32.1. The molecule has 0 aliphatic carbocycles. The quantitative estimate of drug-likeness (QED) is 0.162. The number of thiophene rings is 1. The molecule has 0 amide bonds. The Hall–Kier alpha value is -8.19. The van der Waals surface area contributed by atoms with Crippen LogP contribution in [0.15, 0.2) is 199 Å². The number of benzene rings is 10. The molecule has 0 bridgehead atoms. The lowest BCUT2D eigenvalue weighted by Gasteiger charge is -2.13. The molecular formula is C57H32N4OS. The Labute approximate surface area is 364 Å². The minimum absolute atomic E-state index is 0.563. The van der Waals surface area contributed by atoms with E-state index in [2.05, 4.69) is 168 Å². The number of fused-ring (bicyclic) bond motifs is 9. The predicted octanol–water partition coefficient (Wildman–Crippen LogP) is 15.6. The van der Waals surface area contributed by atoms with Crippen molar-refractivity contribution in [2.75, 3.05) is 0 Å². The zero-order valence-corrected chi connectivity index (χ0v) is 34.4. The molecule has 0 aliphatic heterocycles. The molecule has 0 fully saturated rings. The molecule has 5 nitrogen and oxygen atoms in total. The van der Waals surface area contributed by atoms with E-state index in [9.17, 15) is 0 Å². The average Bonchev–Trinajstić information content (AvgIpc) is 4.04. The van der Waals surface area contributed by atoms with Gasteiger partial charge in [-0.2, -0.15) is 0 Å². The third kappa shape index (κ3) is 5.01. The van der Waals surface area contributed by atoms with Crippen molar-refractivity contribution in [3.05, 3.63) is 194 Å². The summed E-state index contributed by atoms with van der Waals surface area (Å²) in [5.41, 5.74) is 9.95. The Morgan fingerprint density at radius 2 is 0.937 bits per heavy atom. The van der Waals surface area contributed by atoms with Crippen LogP contribution in [0.25, 0.3) is 136 Å². The Morgan fingerprint density at radius 3 is 1.76 bits per heavy atom. The van der Waals surface area contributed by atoms with Gasteiger partial charge in [0.05, 0.1) is 16.6 Å². The van der Waals surface area contributed by atoms with Crippen LogP contribution in [0.2, 0.25) is 0 Å². The van der Waals surface area contributed by atoms with E-state index in [4.69, 9.17) is 19.4 Å². The summed E-state index contributed by atoms with van der Waals surface area (Å²) >= 11 is 1.79. The second-order valence-electron chi connectivity index (χ2n) is 16.2. The van der Waals surface area contributed by atoms with Gasteiger partial charge in [-0.15, -0.1) is 11.3 Å². The first-order chi connectivity index (χ1) is 31.2. The number of para-hydroxylation sites is 3. The largest absolute Gasteiger partial charge is 0.455 e. The van der Waals surface area contributed by atoms with Crippen molar-refractivity contribution >= 4 is 96.8 Å². The van der Waals surface area contributed by atoms with Crippen LogP contribution >= 0.6 is 11.3 Å². The highest BCUT2D eigenvalue weighted by Gasteiger charge is 2.25. The minimum Gasteiger partial charge on any atom is -0.455 e. The maximum atomic E-state index is 7.18. The van der Waals surface area contributed by atoms with Gasteiger partial charge < -0.3 is 8.98 Å². The van der Waals surface area contributed by atoms with E-state index >= 15 is 0 Å². The van der Waals surface area contributed by atoms with Crippen molar-refractivity contribution in [3.63, 3.8) is 0 Å². The number of nitrogens with zero attached hydrogens (tertiary/aromatic N) is 4. The fourth-order valence-electron chi connectivity index (χ4n) is 10.1. The Kier molecular flexibility index (Phi) is 7.21. The molecule has 292 valence electrons. The van der Waals surface area contributed by atoms with Crippen molar-refractivity contribution in [1.82, 2.24) is 19.5 Å². The summed E-state index contributed by atoms with van der Waals surface area (Å²) in [5.74, 6) is 1.79. The van der Waals surface area contributed by atoms with Gasteiger partial charge >= 0.3 is 0 Å². The van der Waals surface area contributed by atoms with Crippen molar-refractivity contribution in [1.29, 1.82) is 0 Å². The van der Waals surface area contributed by atoms with Gasteiger partial charge in [-0.1, -0.05) is 152 Å². The normalized spacial score (nSPS) is 12.1. The molecule has 6 heteroatoms. The van der Waals surface area contributed by atoms with Crippen LogP contribution in [0.5, 0.6) is 0 Å². The molecular weight excluding hydrogens is 789 g/mol. The van der Waals surface area contributed by atoms with Gasteiger partial charge in [0.25, 0.3) is 0 Å². The van der Waals surface area contributed by atoms with Gasteiger partial charge in [0.1, 0.15) is 11.2 Å². The van der Waals surface area contributed by atoms with E-state index < -0.39 is 0 Å². The summed E-state index contributed by atoms with van der Waals surface area (Å²) in [6, 6.07) is 68.9. The van der Waals surface area contributed by atoms with Gasteiger partial charge in [0, 0.05) is 69.5 Å². The van der Waals surface area contributed by atoms with Crippen molar-refractivity contribution in [3.8, 4) is 51.0 Å². The lowest BCUT2D eigenvalue weighted by Crippen LogP contribution is -2.00. The lowest BCUT2D eigenvalue weighted by molar-refractivity contribution is 0.670. The van der Waals surface area contributed by atoms with Gasteiger partial charge in [0.2, 0.25) is 0 Å². The number of hydrogen-bond donors (Lipinski definition) is 0. The standard InChI is InChI=1S/C57H32N4OS/c1-3-14-33(15-4-1)55-58-56(34-28-29-38-37-19-9-10-27-48(37)63-49(38)32-34)60-57(59-55)45-25-12-24-44-43-23-11-22-42(53(43)62-54(44)45)41-30-31-47-52-50(41)39-20-8-7-18-36(39)40-21-13-26-46(51(40)52)61(47)35-16-5-2-6-17-35/h1-32H. The van der Waals surface area contributed by atoms with Crippen LogP contribution in [-0.2, 0) is 0 Å². The Morgan fingerprint density at radius 1 is 0.349 bits per heavy atom. The molecule has 14 aromatic rings. The molecule has 0 N–H and O–H groups in total. The molecule has 4 heterocycles. The van der Waals surface area contributed by atoms with Gasteiger partial charge in [-0.05, 0) is 64.2 Å². The third-order valence-electron chi connectivity index (χ3n) is 12.8. The molecule has 0 aliphatic rings. The van der Waals surface area contributed by atoms with Gasteiger partial charge in [-0.3, -0.25) is 0 Å². The molecule has 4 aromatic heterocycles. The summed E-state index contributed by atoms with van der Waals surface area (Å²) < 4.78 is 12.1. The first-order valence-electron chi connectivity index (χ1n) is 21.2. The average molecular weight is 821 g/mol. The number of aromatic nitrogens is 4. The summed E-state index contributed by atoms with van der Waals surface area (Å²) in [4.78, 5) is 15.5. The maximum absolute atomic E-state index is 7.18. The van der Waals surface area contributed by atoms with E-state index in [1.165, 1.54) is 63.5 Å². The molecule has 63 heavy (non-hydrogen) atoms. The van der Waals surface area contributed by atoms with Gasteiger partial charge in [0.15, 0.2) is 17.5 Å². The van der Waals surface area contributed by atoms with Crippen LogP contribution in [0.1, 0.15) is 0 Å². The fraction of sp³-hybridized carbons (Fsp3) is 0.